The summed E-state index contributed by atoms with van der Waals surface area (Å²) in [6, 6.07) is 18.4. The fraction of sp³-hybridized carbons (Fsp3) is 0.200. The van der Waals surface area contributed by atoms with Crippen molar-refractivity contribution in [3.63, 3.8) is 0 Å². The molecule has 0 fully saturated rings. The van der Waals surface area contributed by atoms with Crippen molar-refractivity contribution in [2.24, 2.45) is 0 Å². The Morgan fingerprint density at radius 3 is 2.32 bits per heavy atom. The molecule has 8 nitrogen and oxygen atoms in total. The molecule has 4 rings (SSSR count). The van der Waals surface area contributed by atoms with E-state index in [0.29, 0.717) is 45.8 Å². The Balaban J connectivity index is 1.82. The van der Waals surface area contributed by atoms with Crippen LogP contribution in [-0.2, 0) is 16.4 Å². The van der Waals surface area contributed by atoms with E-state index in [0.717, 1.165) is 10.6 Å². The molecule has 2 aromatic heterocycles. The molecule has 0 spiro atoms. The van der Waals surface area contributed by atoms with E-state index in [4.69, 9.17) is 9.15 Å². The van der Waals surface area contributed by atoms with Gasteiger partial charge in [0.25, 0.3) is 5.91 Å². The van der Waals surface area contributed by atoms with Crippen LogP contribution in [0.3, 0.4) is 0 Å². The van der Waals surface area contributed by atoms with Crippen molar-refractivity contribution >= 4 is 32.8 Å². The number of hydrogen-bond acceptors (Lipinski definition) is 6. The lowest BCUT2D eigenvalue weighted by Crippen LogP contribution is -2.27. The summed E-state index contributed by atoms with van der Waals surface area (Å²) in [5, 5.41) is 3.17. The van der Waals surface area contributed by atoms with Gasteiger partial charge < -0.3 is 14.5 Å². The van der Waals surface area contributed by atoms with Gasteiger partial charge in [0, 0.05) is 19.7 Å². The highest BCUT2D eigenvalue weighted by atomic mass is 32.2. The van der Waals surface area contributed by atoms with E-state index < -0.39 is 10.0 Å². The van der Waals surface area contributed by atoms with E-state index in [-0.39, 0.29) is 17.4 Å². The normalized spacial score (nSPS) is 11.4. The molecule has 176 valence electrons. The topological polar surface area (TPSA) is 102 Å². The van der Waals surface area contributed by atoms with Gasteiger partial charge in [0.1, 0.15) is 23.1 Å². The number of amides is 1. The minimum atomic E-state index is -3.53. The lowest BCUT2D eigenvalue weighted by molar-refractivity contribution is 0.0964. The van der Waals surface area contributed by atoms with Gasteiger partial charge in [-0.1, -0.05) is 25.1 Å². The molecule has 0 aliphatic carbocycles. The lowest BCUT2D eigenvalue weighted by Gasteiger charge is -2.18. The van der Waals surface area contributed by atoms with Gasteiger partial charge in [-0.05, 0) is 54.4 Å². The predicted octanol–water partition coefficient (Wildman–Crippen LogP) is 4.60. The highest BCUT2D eigenvalue weighted by Crippen LogP contribution is 2.36. The number of rotatable bonds is 7. The number of carbonyl (C=O) groups is 1. The van der Waals surface area contributed by atoms with Crippen LogP contribution in [0.1, 0.15) is 22.8 Å². The fourth-order valence-electron chi connectivity index (χ4n) is 3.60. The van der Waals surface area contributed by atoms with Gasteiger partial charge >= 0.3 is 0 Å². The second-order valence-electron chi connectivity index (χ2n) is 7.73. The number of fused-ring (bicyclic) bond motifs is 1. The number of sulfonamides is 1. The molecule has 0 unspecified atom stereocenters. The average Bonchev–Trinajstić information content (AvgIpc) is 3.21. The molecule has 0 bridgehead atoms. The maximum absolute atomic E-state index is 12.8. The Hall–Kier alpha value is -3.85. The van der Waals surface area contributed by atoms with Crippen LogP contribution in [0.4, 0.5) is 5.82 Å². The smallest absolute Gasteiger partial charge is 0.255 e. The number of furan rings is 1. The first-order valence-electron chi connectivity index (χ1n) is 10.7. The number of hydrogen-bond donors (Lipinski definition) is 1. The molecule has 0 saturated heterocycles. The highest BCUT2D eigenvalue weighted by molar-refractivity contribution is 7.92. The van der Waals surface area contributed by atoms with Crippen molar-refractivity contribution in [3.05, 3.63) is 71.8 Å². The molecule has 0 atom stereocenters. The van der Waals surface area contributed by atoms with Crippen LogP contribution in [0.15, 0.2) is 65.1 Å². The van der Waals surface area contributed by atoms with Crippen LogP contribution in [0.2, 0.25) is 0 Å². The van der Waals surface area contributed by atoms with Crippen LogP contribution in [-0.4, -0.2) is 39.7 Å². The maximum Gasteiger partial charge on any atom is 0.255 e. The summed E-state index contributed by atoms with van der Waals surface area (Å²) in [7, 11) is -0.543. The number of ether oxygens (including phenoxy) is 1. The second kappa shape index (κ2) is 9.18. The van der Waals surface area contributed by atoms with Crippen molar-refractivity contribution < 1.29 is 22.4 Å². The zero-order valence-electron chi connectivity index (χ0n) is 19.3. The molecule has 4 aromatic rings. The van der Waals surface area contributed by atoms with Crippen LogP contribution in [0.5, 0.6) is 11.5 Å². The molecule has 9 heteroatoms. The van der Waals surface area contributed by atoms with Crippen molar-refractivity contribution in [3.8, 4) is 22.8 Å². The molecule has 34 heavy (non-hydrogen) atoms. The van der Waals surface area contributed by atoms with Crippen LogP contribution >= 0.6 is 0 Å². The predicted molar refractivity (Wildman–Crippen MR) is 132 cm³/mol. The Labute approximate surface area is 198 Å². The summed E-state index contributed by atoms with van der Waals surface area (Å²) in [5.41, 5.74) is 1.86. The Morgan fingerprint density at radius 2 is 1.74 bits per heavy atom. The number of anilines is 1. The van der Waals surface area contributed by atoms with E-state index in [9.17, 15) is 13.2 Å². The van der Waals surface area contributed by atoms with Crippen LogP contribution < -0.4 is 14.4 Å². The third kappa shape index (κ3) is 4.47. The second-order valence-corrected chi connectivity index (χ2v) is 9.75. The molecule has 2 heterocycles. The van der Waals surface area contributed by atoms with E-state index in [1.54, 1.807) is 37.4 Å². The number of aryl methyl sites for hydroxylation is 1. The first-order valence-corrected chi connectivity index (χ1v) is 12.5. The lowest BCUT2D eigenvalue weighted by atomic mass is 10.0. The summed E-state index contributed by atoms with van der Waals surface area (Å²) < 4.78 is 37.2. The zero-order valence-corrected chi connectivity index (χ0v) is 20.1. The van der Waals surface area contributed by atoms with Gasteiger partial charge in [-0.2, -0.15) is 4.98 Å². The number of para-hydroxylation sites is 1. The van der Waals surface area contributed by atoms with Gasteiger partial charge in [-0.3, -0.25) is 9.10 Å². The van der Waals surface area contributed by atoms with E-state index in [1.807, 2.05) is 37.3 Å². The average molecular weight is 480 g/mol. The monoisotopic (exact) mass is 479 g/mol. The van der Waals surface area contributed by atoms with Crippen molar-refractivity contribution in [2.45, 2.75) is 13.3 Å². The molecule has 0 radical (unpaired) electrons. The van der Waals surface area contributed by atoms with Gasteiger partial charge in [0.05, 0.1) is 17.2 Å². The summed E-state index contributed by atoms with van der Waals surface area (Å²) in [5.74, 6) is 1.63. The van der Waals surface area contributed by atoms with E-state index in [2.05, 4.69) is 10.3 Å². The summed E-state index contributed by atoms with van der Waals surface area (Å²) in [6.07, 6.45) is 1.64. The Morgan fingerprint density at radius 1 is 1.09 bits per heavy atom. The van der Waals surface area contributed by atoms with Gasteiger partial charge in [-0.25, -0.2) is 8.42 Å². The first-order chi connectivity index (χ1) is 16.2. The third-order valence-electron chi connectivity index (χ3n) is 5.46. The molecular weight excluding hydrogens is 454 g/mol. The maximum atomic E-state index is 12.8. The number of pyridine rings is 1. The molecular formula is C25H25N3O5S. The molecule has 2 aromatic carbocycles. The number of carbonyl (C=O) groups excluding carboxylic acids is 1. The summed E-state index contributed by atoms with van der Waals surface area (Å²) in [6.45, 7) is 1.90. The van der Waals surface area contributed by atoms with Gasteiger partial charge in [0.15, 0.2) is 0 Å². The quantitative estimate of drug-likeness (QED) is 0.416. The molecule has 0 saturated carbocycles. The van der Waals surface area contributed by atoms with Gasteiger partial charge in [-0.15, -0.1) is 0 Å². The number of benzene rings is 2. The zero-order chi connectivity index (χ0) is 24.5. The van der Waals surface area contributed by atoms with Gasteiger partial charge in [0.2, 0.25) is 15.7 Å². The highest BCUT2D eigenvalue weighted by Gasteiger charge is 2.26. The van der Waals surface area contributed by atoms with Crippen LogP contribution in [0, 0.1) is 0 Å². The van der Waals surface area contributed by atoms with Crippen molar-refractivity contribution in [1.82, 2.24) is 10.3 Å². The number of nitrogens with zero attached hydrogens (tertiary/aromatic N) is 2. The SMILES string of the molecule is CCc1cc2c(C(=O)NC)c(-c3ccc(Oc4ccccc4)cc3)oc2nc1N(C)S(C)(=O)=O. The minimum absolute atomic E-state index is 0.181. The number of nitrogens with one attached hydrogen (secondary N) is 1. The standard InChI is InChI=1S/C25H25N3O5S/c1-5-16-15-20-21(24(29)26-2)22(33-25(20)27-23(16)28(3)34(4,30)31)17-11-13-19(14-12-17)32-18-9-7-6-8-10-18/h6-15H,5H2,1-4H3,(H,26,29). The van der Waals surface area contributed by atoms with Crippen LogP contribution in [0.25, 0.3) is 22.4 Å². The number of aromatic nitrogens is 1. The molecule has 0 aliphatic heterocycles. The minimum Gasteiger partial charge on any atom is -0.457 e. The molecule has 0 aliphatic rings. The summed E-state index contributed by atoms with van der Waals surface area (Å²) in [4.78, 5) is 17.3. The summed E-state index contributed by atoms with van der Waals surface area (Å²) >= 11 is 0. The first kappa shape index (κ1) is 23.3. The van der Waals surface area contributed by atoms with E-state index in [1.165, 1.54) is 7.05 Å². The molecule has 1 N–H and O–H groups in total. The van der Waals surface area contributed by atoms with Crippen molar-refractivity contribution in [1.29, 1.82) is 0 Å². The fourth-order valence-corrected chi connectivity index (χ4v) is 4.07. The molecule has 1 amide bonds. The third-order valence-corrected chi connectivity index (χ3v) is 6.63. The largest absolute Gasteiger partial charge is 0.457 e. The Kier molecular flexibility index (Phi) is 6.30. The Bertz CT molecular complexity index is 1450. The van der Waals surface area contributed by atoms with E-state index >= 15 is 0 Å². The van der Waals surface area contributed by atoms with Crippen molar-refractivity contribution in [2.75, 3.05) is 24.7 Å².